The number of fused-ring (bicyclic) bond motifs is 1. The van der Waals surface area contributed by atoms with Crippen LogP contribution in [0.15, 0.2) is 60.7 Å². The van der Waals surface area contributed by atoms with E-state index in [0.29, 0.717) is 23.3 Å². The molecule has 1 amide bonds. The Hall–Kier alpha value is -3.36. The maximum Gasteiger partial charge on any atom is 0.252 e. The van der Waals surface area contributed by atoms with Crippen LogP contribution in [-0.4, -0.2) is 19.8 Å². The summed E-state index contributed by atoms with van der Waals surface area (Å²) >= 11 is 0. The summed E-state index contributed by atoms with van der Waals surface area (Å²) < 4.78 is 10.5. The van der Waals surface area contributed by atoms with Gasteiger partial charge in [-0.15, -0.1) is 0 Å². The number of hydrogen-bond donors (Lipinski definition) is 1. The molecule has 5 heteroatoms. The highest BCUT2D eigenvalue weighted by molar-refractivity contribution is 5.97. The minimum atomic E-state index is -0.366. The van der Waals surface area contributed by atoms with Crippen LogP contribution in [0.5, 0.6) is 5.75 Å². The Morgan fingerprint density at radius 1 is 1.10 bits per heavy atom. The topological polar surface area (TPSA) is 71.3 Å². The Labute approximate surface area is 177 Å². The van der Waals surface area contributed by atoms with Crippen molar-refractivity contribution in [2.75, 3.05) is 13.9 Å². The smallest absolute Gasteiger partial charge is 0.252 e. The molecule has 1 unspecified atom stereocenters. The summed E-state index contributed by atoms with van der Waals surface area (Å²) in [6.07, 6.45) is 0.619. The summed E-state index contributed by atoms with van der Waals surface area (Å²) in [6, 6.07) is 21.5. The van der Waals surface area contributed by atoms with Crippen molar-refractivity contribution in [2.24, 2.45) is 0 Å². The second-order valence-electron chi connectivity index (χ2n) is 7.15. The van der Waals surface area contributed by atoms with Crippen LogP contribution in [0.25, 0.3) is 10.8 Å². The summed E-state index contributed by atoms with van der Waals surface area (Å²) in [4.78, 5) is 13.2. The van der Waals surface area contributed by atoms with E-state index in [2.05, 4.69) is 29.6 Å². The average molecular weight is 402 g/mol. The number of nitrogens with zero attached hydrogens (tertiary/aromatic N) is 1. The summed E-state index contributed by atoms with van der Waals surface area (Å²) in [7, 11) is 1.54. The predicted molar refractivity (Wildman–Crippen MR) is 117 cm³/mol. The molecule has 30 heavy (non-hydrogen) atoms. The van der Waals surface area contributed by atoms with Gasteiger partial charge in [0.05, 0.1) is 18.0 Å². The Bertz CT molecular complexity index is 1070. The van der Waals surface area contributed by atoms with Gasteiger partial charge in [-0.3, -0.25) is 4.79 Å². The Morgan fingerprint density at radius 3 is 2.60 bits per heavy atom. The lowest BCUT2D eigenvalue weighted by molar-refractivity contribution is 0.0510. The van der Waals surface area contributed by atoms with E-state index in [1.54, 1.807) is 18.2 Å². The van der Waals surface area contributed by atoms with Gasteiger partial charge in [0.25, 0.3) is 5.91 Å². The van der Waals surface area contributed by atoms with Gasteiger partial charge in [0.1, 0.15) is 5.75 Å². The van der Waals surface area contributed by atoms with Crippen LogP contribution < -0.4 is 10.1 Å². The largest absolute Gasteiger partial charge is 0.468 e. The van der Waals surface area contributed by atoms with Gasteiger partial charge < -0.3 is 14.8 Å². The van der Waals surface area contributed by atoms with E-state index >= 15 is 0 Å². The average Bonchev–Trinajstić information content (AvgIpc) is 2.78. The number of methoxy groups -OCH3 is 1. The number of hydrogen-bond acceptors (Lipinski definition) is 4. The fourth-order valence-electron chi connectivity index (χ4n) is 3.61. The number of carbonyl (C=O) groups is 1. The highest BCUT2D eigenvalue weighted by atomic mass is 16.7. The van der Waals surface area contributed by atoms with E-state index in [-0.39, 0.29) is 24.7 Å². The summed E-state index contributed by atoms with van der Waals surface area (Å²) in [5.74, 6) is -0.0755. The molecular formula is C25H26N2O3. The lowest BCUT2D eigenvalue weighted by Crippen LogP contribution is -2.28. The molecule has 0 saturated carbocycles. The molecule has 3 rings (SSSR count). The normalized spacial score (nSPS) is 12.7. The predicted octanol–water partition coefficient (Wildman–Crippen LogP) is 5.33. The molecule has 1 N–H and O–H groups in total. The number of nitriles is 1. The molecule has 2 atom stereocenters. The highest BCUT2D eigenvalue weighted by Gasteiger charge is 2.21. The van der Waals surface area contributed by atoms with E-state index in [4.69, 9.17) is 9.47 Å². The fraction of sp³-hybridized carbons (Fsp3) is 0.280. The minimum absolute atomic E-state index is 0.0856. The van der Waals surface area contributed by atoms with Crippen molar-refractivity contribution >= 4 is 16.7 Å². The molecule has 0 fully saturated rings. The van der Waals surface area contributed by atoms with Gasteiger partial charge in [0, 0.05) is 12.7 Å². The van der Waals surface area contributed by atoms with Crippen LogP contribution in [0, 0.1) is 11.3 Å². The fourth-order valence-corrected chi connectivity index (χ4v) is 3.61. The van der Waals surface area contributed by atoms with Crippen LogP contribution in [0.3, 0.4) is 0 Å². The van der Waals surface area contributed by atoms with Crippen LogP contribution >= 0.6 is 0 Å². The third kappa shape index (κ3) is 4.61. The third-order valence-electron chi connectivity index (χ3n) is 5.19. The number of ether oxygens (including phenoxy) is 2. The summed E-state index contributed by atoms with van der Waals surface area (Å²) in [5, 5.41) is 14.9. The van der Waals surface area contributed by atoms with Gasteiger partial charge in [-0.1, -0.05) is 55.5 Å². The molecule has 0 bridgehead atoms. The first-order valence-electron chi connectivity index (χ1n) is 10.0. The molecule has 0 spiro atoms. The van der Waals surface area contributed by atoms with E-state index in [9.17, 15) is 10.1 Å². The zero-order valence-electron chi connectivity index (χ0n) is 17.5. The SMILES string of the molecule is CCC(C#N)c1ccc(OCOC)cc1C(=O)N[C@H](C)c1cccc2ccccc12. The van der Waals surface area contributed by atoms with Crippen LogP contribution in [0.1, 0.15) is 53.7 Å². The van der Waals surface area contributed by atoms with Crippen molar-refractivity contribution in [1.82, 2.24) is 5.32 Å². The highest BCUT2D eigenvalue weighted by Crippen LogP contribution is 2.28. The second kappa shape index (κ2) is 9.91. The van der Waals surface area contributed by atoms with Crippen molar-refractivity contribution in [3.05, 3.63) is 77.4 Å². The molecule has 3 aromatic carbocycles. The van der Waals surface area contributed by atoms with E-state index in [0.717, 1.165) is 16.3 Å². The number of carbonyl (C=O) groups excluding carboxylic acids is 1. The van der Waals surface area contributed by atoms with Gasteiger partial charge >= 0.3 is 0 Å². The van der Waals surface area contributed by atoms with Gasteiger partial charge in [0.15, 0.2) is 6.79 Å². The van der Waals surface area contributed by atoms with Crippen molar-refractivity contribution < 1.29 is 14.3 Å². The minimum Gasteiger partial charge on any atom is -0.468 e. The van der Waals surface area contributed by atoms with Crippen LogP contribution in [0.4, 0.5) is 0 Å². The lowest BCUT2D eigenvalue weighted by atomic mass is 9.92. The van der Waals surface area contributed by atoms with E-state index < -0.39 is 0 Å². The second-order valence-corrected chi connectivity index (χ2v) is 7.15. The maximum atomic E-state index is 13.2. The summed E-state index contributed by atoms with van der Waals surface area (Å²) in [5.41, 5.74) is 2.19. The maximum absolute atomic E-state index is 13.2. The molecule has 5 nitrogen and oxygen atoms in total. The van der Waals surface area contributed by atoms with Crippen molar-refractivity contribution in [3.63, 3.8) is 0 Å². The van der Waals surface area contributed by atoms with Crippen LogP contribution in [0.2, 0.25) is 0 Å². The Morgan fingerprint density at radius 2 is 1.87 bits per heavy atom. The molecule has 0 aliphatic carbocycles. The molecule has 0 heterocycles. The summed E-state index contributed by atoms with van der Waals surface area (Å²) in [6.45, 7) is 3.98. The first kappa shape index (κ1) is 21.4. The quantitative estimate of drug-likeness (QED) is 0.517. The number of rotatable bonds is 8. The Kier molecular flexibility index (Phi) is 7.05. The molecule has 0 aliphatic rings. The van der Waals surface area contributed by atoms with Gasteiger partial charge in [0.2, 0.25) is 0 Å². The zero-order valence-corrected chi connectivity index (χ0v) is 17.5. The number of nitrogens with one attached hydrogen (secondary N) is 1. The van der Waals surface area contributed by atoms with E-state index in [1.807, 2.05) is 38.1 Å². The van der Waals surface area contributed by atoms with Crippen molar-refractivity contribution in [2.45, 2.75) is 32.2 Å². The van der Waals surface area contributed by atoms with Crippen LogP contribution in [-0.2, 0) is 4.74 Å². The van der Waals surface area contributed by atoms with E-state index in [1.165, 1.54) is 7.11 Å². The molecule has 0 saturated heterocycles. The molecule has 0 aromatic heterocycles. The van der Waals surface area contributed by atoms with Gasteiger partial charge in [-0.2, -0.15) is 5.26 Å². The molecule has 3 aromatic rings. The number of benzene rings is 3. The Balaban J connectivity index is 1.93. The van der Waals surface area contributed by atoms with Crippen molar-refractivity contribution in [1.29, 1.82) is 5.26 Å². The first-order chi connectivity index (χ1) is 14.6. The molecule has 0 radical (unpaired) electrons. The third-order valence-corrected chi connectivity index (χ3v) is 5.19. The molecule has 0 aliphatic heterocycles. The number of amides is 1. The van der Waals surface area contributed by atoms with Crippen molar-refractivity contribution in [3.8, 4) is 11.8 Å². The van der Waals surface area contributed by atoms with Gasteiger partial charge in [-0.25, -0.2) is 0 Å². The molecular weight excluding hydrogens is 376 g/mol. The molecule has 154 valence electrons. The van der Waals surface area contributed by atoms with Gasteiger partial charge in [-0.05, 0) is 47.4 Å². The first-order valence-corrected chi connectivity index (χ1v) is 10.0. The lowest BCUT2D eigenvalue weighted by Gasteiger charge is -2.19. The monoisotopic (exact) mass is 402 g/mol. The zero-order chi connectivity index (χ0) is 21.5. The standard InChI is InChI=1S/C25H26N2O3/c1-4-18(15-26)23-13-12-20(30-16-29-3)14-24(23)25(28)27-17(2)21-11-7-9-19-8-5-6-10-22(19)21/h5-14,17-18H,4,16H2,1-3H3,(H,27,28)/t17-,18?/m1/s1.